The van der Waals surface area contributed by atoms with E-state index in [4.69, 9.17) is 0 Å². The van der Waals surface area contributed by atoms with Crippen molar-refractivity contribution in [1.29, 1.82) is 0 Å². The molecule has 0 aliphatic heterocycles. The molecule has 0 fully saturated rings. The van der Waals surface area contributed by atoms with Crippen molar-refractivity contribution in [2.45, 2.75) is 33.2 Å². The summed E-state index contributed by atoms with van der Waals surface area (Å²) in [6.07, 6.45) is 1.01. The van der Waals surface area contributed by atoms with Crippen LogP contribution >= 0.6 is 15.9 Å². The summed E-state index contributed by atoms with van der Waals surface area (Å²) in [5.74, 6) is -0.176. The SMILES string of the molecule is CCCNC(c1ccc(C)c(C)c1)c1cc(Br)ccc1F. The van der Waals surface area contributed by atoms with Gasteiger partial charge < -0.3 is 5.32 Å². The van der Waals surface area contributed by atoms with Crippen LogP contribution in [0.3, 0.4) is 0 Å². The molecule has 0 spiro atoms. The first-order valence-corrected chi connectivity index (χ1v) is 8.07. The van der Waals surface area contributed by atoms with Crippen molar-refractivity contribution in [1.82, 2.24) is 5.32 Å². The Balaban J connectivity index is 2.46. The maximum Gasteiger partial charge on any atom is 0.128 e. The lowest BCUT2D eigenvalue weighted by Crippen LogP contribution is -2.24. The van der Waals surface area contributed by atoms with E-state index in [1.54, 1.807) is 6.07 Å². The maximum atomic E-state index is 14.3. The van der Waals surface area contributed by atoms with E-state index in [9.17, 15) is 4.39 Å². The van der Waals surface area contributed by atoms with Gasteiger partial charge in [0.25, 0.3) is 0 Å². The van der Waals surface area contributed by atoms with Crippen LogP contribution < -0.4 is 5.32 Å². The summed E-state index contributed by atoms with van der Waals surface area (Å²) in [4.78, 5) is 0. The Bertz CT molecular complexity index is 625. The zero-order chi connectivity index (χ0) is 15.4. The Hall–Kier alpha value is -1.19. The number of rotatable bonds is 5. The highest BCUT2D eigenvalue weighted by Crippen LogP contribution is 2.28. The molecule has 0 saturated carbocycles. The molecule has 0 heterocycles. The molecular formula is C18H21BrFN. The van der Waals surface area contributed by atoms with E-state index in [-0.39, 0.29) is 11.9 Å². The van der Waals surface area contributed by atoms with Crippen LogP contribution in [0.15, 0.2) is 40.9 Å². The molecule has 1 nitrogen and oxygen atoms in total. The number of aryl methyl sites for hydroxylation is 2. The van der Waals surface area contributed by atoms with Gasteiger partial charge >= 0.3 is 0 Å². The molecule has 0 saturated heterocycles. The summed E-state index contributed by atoms with van der Waals surface area (Å²) in [6, 6.07) is 11.3. The van der Waals surface area contributed by atoms with Crippen molar-refractivity contribution < 1.29 is 4.39 Å². The Morgan fingerprint density at radius 3 is 2.52 bits per heavy atom. The predicted molar refractivity (Wildman–Crippen MR) is 90.2 cm³/mol. The number of nitrogens with one attached hydrogen (secondary N) is 1. The average molecular weight is 350 g/mol. The van der Waals surface area contributed by atoms with Gasteiger partial charge in [0.2, 0.25) is 0 Å². The van der Waals surface area contributed by atoms with Crippen LogP contribution in [0.1, 0.15) is 41.6 Å². The van der Waals surface area contributed by atoms with Crippen molar-refractivity contribution in [3.63, 3.8) is 0 Å². The van der Waals surface area contributed by atoms with Crippen molar-refractivity contribution >= 4 is 15.9 Å². The fraction of sp³-hybridized carbons (Fsp3) is 0.333. The van der Waals surface area contributed by atoms with Crippen LogP contribution in [0.4, 0.5) is 4.39 Å². The lowest BCUT2D eigenvalue weighted by Gasteiger charge is -2.21. The number of hydrogen-bond acceptors (Lipinski definition) is 1. The highest BCUT2D eigenvalue weighted by Gasteiger charge is 2.18. The van der Waals surface area contributed by atoms with Gasteiger partial charge in [-0.3, -0.25) is 0 Å². The standard InChI is InChI=1S/C18H21BrFN/c1-4-9-21-18(14-6-5-12(2)13(3)10-14)16-11-15(19)7-8-17(16)20/h5-8,10-11,18,21H,4,9H2,1-3H3. The van der Waals surface area contributed by atoms with E-state index in [0.29, 0.717) is 5.56 Å². The van der Waals surface area contributed by atoms with Crippen LogP contribution in [0, 0.1) is 19.7 Å². The largest absolute Gasteiger partial charge is 0.306 e. The van der Waals surface area contributed by atoms with Crippen LogP contribution in [0.2, 0.25) is 0 Å². The van der Waals surface area contributed by atoms with E-state index in [1.165, 1.54) is 17.2 Å². The zero-order valence-corrected chi connectivity index (χ0v) is 14.3. The molecule has 0 aliphatic rings. The summed E-state index contributed by atoms with van der Waals surface area (Å²) in [5, 5.41) is 3.46. The van der Waals surface area contributed by atoms with Crippen molar-refractivity contribution in [2.75, 3.05) is 6.54 Å². The first kappa shape index (κ1) is 16.2. The summed E-state index contributed by atoms with van der Waals surface area (Å²) in [6.45, 7) is 7.14. The van der Waals surface area contributed by atoms with Crippen LogP contribution in [0.5, 0.6) is 0 Å². The van der Waals surface area contributed by atoms with Gasteiger partial charge in [-0.05, 0) is 61.7 Å². The van der Waals surface area contributed by atoms with E-state index in [2.05, 4.69) is 60.2 Å². The molecule has 112 valence electrons. The second kappa shape index (κ2) is 7.19. The molecule has 0 bridgehead atoms. The molecule has 2 rings (SSSR count). The monoisotopic (exact) mass is 349 g/mol. The number of benzene rings is 2. The maximum absolute atomic E-state index is 14.3. The molecule has 0 aromatic heterocycles. The molecule has 0 amide bonds. The van der Waals surface area contributed by atoms with Gasteiger partial charge in [0.15, 0.2) is 0 Å². The summed E-state index contributed by atoms with van der Waals surface area (Å²) >= 11 is 3.44. The van der Waals surface area contributed by atoms with Gasteiger partial charge in [0.1, 0.15) is 5.82 Å². The quantitative estimate of drug-likeness (QED) is 0.772. The number of hydrogen-bond donors (Lipinski definition) is 1. The molecule has 21 heavy (non-hydrogen) atoms. The van der Waals surface area contributed by atoms with Crippen LogP contribution in [-0.4, -0.2) is 6.54 Å². The molecule has 3 heteroatoms. The first-order chi connectivity index (χ1) is 10.0. The van der Waals surface area contributed by atoms with E-state index < -0.39 is 0 Å². The van der Waals surface area contributed by atoms with Gasteiger partial charge in [-0.15, -0.1) is 0 Å². The average Bonchev–Trinajstić information content (AvgIpc) is 2.46. The normalized spacial score (nSPS) is 12.4. The van der Waals surface area contributed by atoms with Crippen molar-refractivity contribution in [3.8, 4) is 0 Å². The second-order valence-electron chi connectivity index (χ2n) is 5.40. The second-order valence-corrected chi connectivity index (χ2v) is 6.31. The zero-order valence-electron chi connectivity index (χ0n) is 12.7. The third-order valence-electron chi connectivity index (χ3n) is 3.73. The lowest BCUT2D eigenvalue weighted by molar-refractivity contribution is 0.546. The fourth-order valence-corrected chi connectivity index (χ4v) is 2.75. The van der Waals surface area contributed by atoms with Crippen LogP contribution in [0.25, 0.3) is 0 Å². The topological polar surface area (TPSA) is 12.0 Å². The van der Waals surface area contributed by atoms with E-state index in [1.807, 2.05) is 6.07 Å². The number of halogens is 2. The Kier molecular flexibility index (Phi) is 5.54. The van der Waals surface area contributed by atoms with Gasteiger partial charge in [-0.2, -0.15) is 0 Å². The molecule has 2 aromatic rings. The highest BCUT2D eigenvalue weighted by molar-refractivity contribution is 9.10. The first-order valence-electron chi connectivity index (χ1n) is 7.28. The van der Waals surface area contributed by atoms with E-state index >= 15 is 0 Å². The molecule has 1 N–H and O–H groups in total. The van der Waals surface area contributed by atoms with Gasteiger partial charge in [-0.1, -0.05) is 41.1 Å². The Morgan fingerprint density at radius 2 is 1.86 bits per heavy atom. The Morgan fingerprint density at radius 1 is 1.10 bits per heavy atom. The van der Waals surface area contributed by atoms with Gasteiger partial charge in [-0.25, -0.2) is 4.39 Å². The highest BCUT2D eigenvalue weighted by atomic mass is 79.9. The smallest absolute Gasteiger partial charge is 0.128 e. The van der Waals surface area contributed by atoms with Crippen molar-refractivity contribution in [2.24, 2.45) is 0 Å². The fourth-order valence-electron chi connectivity index (χ4n) is 2.38. The Labute approximate surface area is 134 Å². The van der Waals surface area contributed by atoms with Gasteiger partial charge in [0, 0.05) is 10.0 Å². The molecule has 0 aliphatic carbocycles. The summed E-state index contributed by atoms with van der Waals surface area (Å²) in [5.41, 5.74) is 4.26. The molecule has 1 unspecified atom stereocenters. The third kappa shape index (κ3) is 3.92. The lowest BCUT2D eigenvalue weighted by atomic mass is 9.95. The third-order valence-corrected chi connectivity index (χ3v) is 4.23. The minimum absolute atomic E-state index is 0.123. The van der Waals surface area contributed by atoms with E-state index in [0.717, 1.165) is 23.0 Å². The van der Waals surface area contributed by atoms with Gasteiger partial charge in [0.05, 0.1) is 6.04 Å². The van der Waals surface area contributed by atoms with Crippen LogP contribution in [-0.2, 0) is 0 Å². The summed E-state index contributed by atoms with van der Waals surface area (Å²) < 4.78 is 15.1. The molecule has 1 atom stereocenters. The predicted octanol–water partition coefficient (Wildman–Crippen LogP) is 5.29. The minimum atomic E-state index is -0.176. The molecule has 0 radical (unpaired) electrons. The molecule has 2 aromatic carbocycles. The summed E-state index contributed by atoms with van der Waals surface area (Å²) in [7, 11) is 0. The minimum Gasteiger partial charge on any atom is -0.306 e. The molecular weight excluding hydrogens is 329 g/mol. The van der Waals surface area contributed by atoms with Crippen molar-refractivity contribution in [3.05, 3.63) is 68.9 Å².